The number of para-hydroxylation sites is 1. The van der Waals surface area contributed by atoms with Crippen molar-refractivity contribution in [2.24, 2.45) is 5.92 Å². The molecule has 4 rings (SSSR count). The van der Waals surface area contributed by atoms with E-state index in [0.29, 0.717) is 22.9 Å². The molecule has 1 saturated carbocycles. The fraction of sp³-hybridized carbons (Fsp3) is 0.474. The summed E-state index contributed by atoms with van der Waals surface area (Å²) in [6.07, 6.45) is 3.94. The maximum Gasteiger partial charge on any atom is 0.262 e. The van der Waals surface area contributed by atoms with Crippen LogP contribution in [0.15, 0.2) is 38.7 Å². The Bertz CT molecular complexity index is 975. The molecule has 26 heavy (non-hydrogen) atoms. The highest BCUT2D eigenvalue weighted by Gasteiger charge is 2.28. The molecule has 2 aromatic heterocycles. The molecule has 2 heterocycles. The summed E-state index contributed by atoms with van der Waals surface area (Å²) in [5.41, 5.74) is 0.781. The van der Waals surface area contributed by atoms with Gasteiger partial charge >= 0.3 is 0 Å². The third-order valence-corrected chi connectivity index (χ3v) is 5.41. The quantitative estimate of drug-likeness (QED) is 0.462. The van der Waals surface area contributed by atoms with Gasteiger partial charge in [0.1, 0.15) is 0 Å². The van der Waals surface area contributed by atoms with Crippen molar-refractivity contribution in [2.45, 2.75) is 56.5 Å². The van der Waals surface area contributed by atoms with E-state index >= 15 is 0 Å². The number of hydrogen-bond acceptors (Lipinski definition) is 6. The van der Waals surface area contributed by atoms with Gasteiger partial charge in [-0.1, -0.05) is 42.9 Å². The molecule has 0 N–H and O–H groups in total. The first-order valence-electron chi connectivity index (χ1n) is 9.07. The van der Waals surface area contributed by atoms with Crippen molar-refractivity contribution in [3.05, 3.63) is 46.3 Å². The lowest BCUT2D eigenvalue weighted by Crippen LogP contribution is -2.22. The van der Waals surface area contributed by atoms with Gasteiger partial charge in [0.2, 0.25) is 5.89 Å². The summed E-state index contributed by atoms with van der Waals surface area (Å²) in [5, 5.41) is 5.46. The molecular formula is C19H22N4O2S. The minimum absolute atomic E-state index is 0.0451. The third-order valence-electron chi connectivity index (χ3n) is 4.47. The zero-order valence-corrected chi connectivity index (χ0v) is 15.8. The fourth-order valence-corrected chi connectivity index (χ4v) is 3.78. The lowest BCUT2D eigenvalue weighted by atomic mass is 10.1. The number of fused-ring (bicyclic) bond motifs is 1. The first kappa shape index (κ1) is 17.3. The molecule has 0 spiro atoms. The maximum atomic E-state index is 12.9. The Morgan fingerprint density at radius 1 is 1.27 bits per heavy atom. The number of hydrogen-bond donors (Lipinski definition) is 0. The molecule has 1 aliphatic carbocycles. The number of aryl methyl sites for hydroxylation is 1. The Morgan fingerprint density at radius 2 is 2.08 bits per heavy atom. The summed E-state index contributed by atoms with van der Waals surface area (Å²) in [6, 6.07) is 7.79. The summed E-state index contributed by atoms with van der Waals surface area (Å²) in [5.74, 6) is 2.46. The zero-order chi connectivity index (χ0) is 18.1. The van der Waals surface area contributed by atoms with E-state index in [1.54, 1.807) is 0 Å². The zero-order valence-electron chi connectivity index (χ0n) is 15.0. The Hall–Kier alpha value is -2.15. The van der Waals surface area contributed by atoms with E-state index in [1.165, 1.54) is 11.8 Å². The number of nitrogens with zero attached hydrogens (tertiary/aromatic N) is 4. The van der Waals surface area contributed by atoms with Crippen molar-refractivity contribution in [3.8, 4) is 0 Å². The van der Waals surface area contributed by atoms with Crippen LogP contribution in [0.5, 0.6) is 0 Å². The highest BCUT2D eigenvalue weighted by Crippen LogP contribution is 2.37. The van der Waals surface area contributed by atoms with Crippen LogP contribution < -0.4 is 5.56 Å². The van der Waals surface area contributed by atoms with Gasteiger partial charge in [-0.3, -0.25) is 9.36 Å². The summed E-state index contributed by atoms with van der Waals surface area (Å²) >= 11 is 1.49. The molecule has 1 aliphatic rings. The summed E-state index contributed by atoms with van der Waals surface area (Å²) < 4.78 is 7.19. The number of rotatable bonds is 7. The van der Waals surface area contributed by atoms with Crippen molar-refractivity contribution < 1.29 is 4.52 Å². The molecule has 1 fully saturated rings. The second kappa shape index (κ2) is 7.23. The van der Waals surface area contributed by atoms with Gasteiger partial charge in [-0.15, -0.1) is 0 Å². The van der Waals surface area contributed by atoms with Crippen LogP contribution in [-0.4, -0.2) is 19.7 Å². The Morgan fingerprint density at radius 3 is 2.85 bits per heavy atom. The topological polar surface area (TPSA) is 73.8 Å². The van der Waals surface area contributed by atoms with Gasteiger partial charge in [0, 0.05) is 12.5 Å². The van der Waals surface area contributed by atoms with E-state index in [9.17, 15) is 4.79 Å². The predicted molar refractivity (Wildman–Crippen MR) is 101 cm³/mol. The summed E-state index contributed by atoms with van der Waals surface area (Å²) in [7, 11) is 0. The number of aromatic nitrogens is 4. The van der Waals surface area contributed by atoms with Crippen molar-refractivity contribution >= 4 is 22.7 Å². The molecule has 0 saturated heterocycles. The third kappa shape index (κ3) is 3.67. The molecule has 136 valence electrons. The van der Waals surface area contributed by atoms with Gasteiger partial charge < -0.3 is 4.52 Å². The van der Waals surface area contributed by atoms with E-state index in [0.717, 1.165) is 42.2 Å². The predicted octanol–water partition coefficient (Wildman–Crippen LogP) is 4.00. The van der Waals surface area contributed by atoms with Crippen molar-refractivity contribution in [2.75, 3.05) is 0 Å². The standard InChI is InChI=1S/C19H22N4O2S/c1-12(2)7-10-16-21-17(25-22-16)11-26-19-20-15-6-4-3-5-14(15)18(24)23(19)13-8-9-13/h3-6,12-13H,7-11H2,1-2H3. The average Bonchev–Trinajstić information content (AvgIpc) is 3.36. The second-order valence-electron chi connectivity index (χ2n) is 7.14. The van der Waals surface area contributed by atoms with Crippen LogP contribution in [0.4, 0.5) is 0 Å². The molecule has 3 aromatic rings. The van der Waals surface area contributed by atoms with Crippen LogP contribution in [0.1, 0.15) is 50.9 Å². The Kier molecular flexibility index (Phi) is 4.80. The van der Waals surface area contributed by atoms with Crippen LogP contribution in [0.25, 0.3) is 10.9 Å². The molecule has 1 aromatic carbocycles. The molecule has 0 atom stereocenters. The molecule has 0 radical (unpaired) electrons. The van der Waals surface area contributed by atoms with Crippen LogP contribution in [-0.2, 0) is 12.2 Å². The molecule has 6 nitrogen and oxygen atoms in total. The minimum atomic E-state index is 0.0451. The van der Waals surface area contributed by atoms with Crippen molar-refractivity contribution in [1.29, 1.82) is 0 Å². The highest BCUT2D eigenvalue weighted by atomic mass is 32.2. The van der Waals surface area contributed by atoms with Gasteiger partial charge in [-0.25, -0.2) is 4.98 Å². The normalized spacial score (nSPS) is 14.4. The minimum Gasteiger partial charge on any atom is -0.338 e. The van der Waals surface area contributed by atoms with Gasteiger partial charge in [-0.2, -0.15) is 4.98 Å². The lowest BCUT2D eigenvalue weighted by molar-refractivity contribution is 0.383. The molecular weight excluding hydrogens is 348 g/mol. The van der Waals surface area contributed by atoms with E-state index in [4.69, 9.17) is 9.51 Å². The molecule has 0 unspecified atom stereocenters. The second-order valence-corrected chi connectivity index (χ2v) is 8.09. The van der Waals surface area contributed by atoms with Gasteiger partial charge in [0.15, 0.2) is 11.0 Å². The highest BCUT2D eigenvalue weighted by molar-refractivity contribution is 7.98. The molecule has 7 heteroatoms. The number of benzene rings is 1. The summed E-state index contributed by atoms with van der Waals surface area (Å²) in [6.45, 7) is 4.36. The SMILES string of the molecule is CC(C)CCc1noc(CSc2nc3ccccc3c(=O)n2C2CC2)n1. The lowest BCUT2D eigenvalue weighted by Gasteiger charge is -2.11. The van der Waals surface area contributed by atoms with Gasteiger partial charge in [0.05, 0.1) is 16.7 Å². The Labute approximate surface area is 156 Å². The Balaban J connectivity index is 1.55. The molecule has 0 bridgehead atoms. The average molecular weight is 370 g/mol. The monoisotopic (exact) mass is 370 g/mol. The fourth-order valence-electron chi connectivity index (χ4n) is 2.88. The van der Waals surface area contributed by atoms with Crippen molar-refractivity contribution in [3.63, 3.8) is 0 Å². The van der Waals surface area contributed by atoms with Crippen LogP contribution in [0.2, 0.25) is 0 Å². The maximum absolute atomic E-state index is 12.9. The first-order chi connectivity index (χ1) is 12.6. The van der Waals surface area contributed by atoms with E-state index in [-0.39, 0.29) is 11.6 Å². The molecule has 0 amide bonds. The van der Waals surface area contributed by atoms with Crippen LogP contribution in [0.3, 0.4) is 0 Å². The van der Waals surface area contributed by atoms with E-state index in [2.05, 4.69) is 24.0 Å². The van der Waals surface area contributed by atoms with Crippen LogP contribution in [0, 0.1) is 5.92 Å². The smallest absolute Gasteiger partial charge is 0.262 e. The van der Waals surface area contributed by atoms with Gasteiger partial charge in [0.25, 0.3) is 5.56 Å². The van der Waals surface area contributed by atoms with E-state index in [1.807, 2.05) is 28.8 Å². The molecule has 0 aliphatic heterocycles. The van der Waals surface area contributed by atoms with Crippen molar-refractivity contribution in [1.82, 2.24) is 19.7 Å². The largest absolute Gasteiger partial charge is 0.338 e. The summed E-state index contributed by atoms with van der Waals surface area (Å²) in [4.78, 5) is 22.0. The van der Waals surface area contributed by atoms with Crippen LogP contribution >= 0.6 is 11.8 Å². The first-order valence-corrected chi connectivity index (χ1v) is 10.1. The number of thioether (sulfide) groups is 1. The van der Waals surface area contributed by atoms with E-state index < -0.39 is 0 Å². The van der Waals surface area contributed by atoms with Gasteiger partial charge in [-0.05, 0) is 37.3 Å².